The van der Waals surface area contributed by atoms with Crippen molar-refractivity contribution < 1.29 is 92.8 Å². The normalized spacial score (nSPS) is 21.6. The van der Waals surface area contributed by atoms with Crippen LogP contribution in [0.3, 0.4) is 0 Å². The lowest BCUT2D eigenvalue weighted by Crippen LogP contribution is -2.66. The maximum atomic E-state index is 14.2. The third kappa shape index (κ3) is 28.0. The third-order valence-corrected chi connectivity index (χ3v) is 29.0. The van der Waals surface area contributed by atoms with Crippen LogP contribution < -0.4 is 21.0 Å². The average molecular weight is 1560 g/mol. The number of carboxylic acids is 2. The largest absolute Gasteiger partial charge is 0.481 e. The molecule has 23 nitrogen and oxygen atoms in total. The van der Waals surface area contributed by atoms with Crippen molar-refractivity contribution in [2.24, 2.45) is 17.8 Å². The number of aliphatic carboxylic acids is 2. The number of rotatable bonds is 20. The van der Waals surface area contributed by atoms with E-state index in [0.29, 0.717) is 70.7 Å². The van der Waals surface area contributed by atoms with Crippen LogP contribution in [0.2, 0.25) is 5.04 Å². The predicted octanol–water partition coefficient (Wildman–Crippen LogP) is 11.5. The lowest BCUT2D eigenvalue weighted by Gasteiger charge is -2.43. The van der Waals surface area contributed by atoms with Gasteiger partial charge in [0.05, 0.1) is 58.6 Å². The van der Waals surface area contributed by atoms with Crippen molar-refractivity contribution in [1.29, 1.82) is 0 Å². The SMILES string of the molecule is CC(C)(C)OC(=O)N[C@@H]1CCCS(=O)(=O)[C@H]1C(=O)O.CC(C)(C)OC(=O)N[C@@H]1CCCS(=O)(=O)[C@H]1C=O.CC(C)(C)[Si](OCCC[C@@H](C(=O)N1C(=O)OC[C@H]1Cc1ccccc1)[C@@H](O)/C=C\c1ccccc1)(c1ccccc1)c1ccccc1.CC(C)C.O=C(O)[C@@H]1CCCS(=O)(=O)[C@H]1/C=C\c1ccccc1. The molecule has 4 saturated heterocycles. The van der Waals surface area contributed by atoms with Gasteiger partial charge in [0.2, 0.25) is 5.91 Å². The van der Waals surface area contributed by atoms with Crippen molar-refractivity contribution in [1.82, 2.24) is 15.5 Å². The molecular formula is C80H109N3O20S3Si. The summed E-state index contributed by atoms with van der Waals surface area (Å²) in [5, 5.41) is 32.9. The number of alkyl carbamates (subject to hydrolysis) is 2. The molecule has 4 fully saturated rings. The number of imide groups is 1. The molecule has 5 aromatic rings. The van der Waals surface area contributed by atoms with Crippen molar-refractivity contribution in [3.63, 3.8) is 0 Å². The molecule has 0 saturated carbocycles. The molecule has 9 atom stereocenters. The minimum Gasteiger partial charge on any atom is -0.481 e. The molecule has 0 aliphatic carbocycles. The molecule has 27 heteroatoms. The molecule has 4 aliphatic rings. The molecule has 5 aromatic carbocycles. The number of amides is 4. The van der Waals surface area contributed by atoms with Crippen molar-refractivity contribution in [2.75, 3.05) is 30.5 Å². The molecule has 0 bridgehead atoms. The first-order valence-corrected chi connectivity index (χ1v) is 43.2. The minimum atomic E-state index is -3.73. The number of carbonyl (C=O) groups excluding carboxylic acids is 5. The first-order valence-electron chi connectivity index (χ1n) is 36.1. The Morgan fingerprint density at radius 3 is 1.49 bits per heavy atom. The second kappa shape index (κ2) is 40.7. The van der Waals surface area contributed by atoms with Gasteiger partial charge in [0, 0.05) is 6.61 Å². The lowest BCUT2D eigenvalue weighted by molar-refractivity contribution is -0.142. The summed E-state index contributed by atoms with van der Waals surface area (Å²) in [6.45, 7) is 23.8. The van der Waals surface area contributed by atoms with Crippen LogP contribution in [-0.2, 0) is 73.7 Å². The van der Waals surface area contributed by atoms with Crippen molar-refractivity contribution >= 4 is 103 Å². The number of nitrogens with zero attached hydrogens (tertiary/aromatic N) is 1. The van der Waals surface area contributed by atoms with E-state index in [9.17, 15) is 63.9 Å². The first-order chi connectivity index (χ1) is 50.1. The Balaban J connectivity index is 0.000000282. The monoisotopic (exact) mass is 1560 g/mol. The fraction of sp³-hybridized carbons (Fsp3) is 0.487. The predicted molar refractivity (Wildman–Crippen MR) is 417 cm³/mol. The van der Waals surface area contributed by atoms with Crippen LogP contribution in [0.5, 0.6) is 0 Å². The van der Waals surface area contributed by atoms with Crippen LogP contribution in [0.25, 0.3) is 12.2 Å². The summed E-state index contributed by atoms with van der Waals surface area (Å²) in [4.78, 5) is 84.7. The average Bonchev–Trinajstić information content (AvgIpc) is 1.34. The van der Waals surface area contributed by atoms with Gasteiger partial charge in [0.25, 0.3) is 8.32 Å². The van der Waals surface area contributed by atoms with Crippen molar-refractivity contribution in [2.45, 2.75) is 197 Å². The number of aliphatic hydroxyl groups is 1. The maximum absolute atomic E-state index is 14.2. The van der Waals surface area contributed by atoms with E-state index in [0.717, 1.165) is 22.6 Å². The summed E-state index contributed by atoms with van der Waals surface area (Å²) in [6.07, 6.45) is 7.47. The number of aldehydes is 1. The number of carbonyl (C=O) groups is 7. The zero-order chi connectivity index (χ0) is 79.6. The highest BCUT2D eigenvalue weighted by atomic mass is 32.2. The number of cyclic esters (lactones) is 1. The van der Waals surface area contributed by atoms with E-state index in [1.165, 1.54) is 21.3 Å². The smallest absolute Gasteiger partial charge is 0.416 e. The second-order valence-corrected chi connectivity index (χ2v) is 41.6. The minimum absolute atomic E-state index is 0.0110. The van der Waals surface area contributed by atoms with Gasteiger partial charge in [-0.25, -0.2) is 44.5 Å². The van der Waals surface area contributed by atoms with Crippen LogP contribution in [0.15, 0.2) is 164 Å². The van der Waals surface area contributed by atoms with E-state index in [2.05, 4.69) is 101 Å². The molecule has 0 aromatic heterocycles. The maximum Gasteiger partial charge on any atom is 0.416 e. The third-order valence-electron chi connectivity index (χ3n) is 17.5. The van der Waals surface area contributed by atoms with Gasteiger partial charge in [0.1, 0.15) is 29.3 Å². The number of carboxylic acid groups (broad SMARTS) is 2. The molecular weight excluding hydrogens is 1450 g/mol. The van der Waals surface area contributed by atoms with E-state index in [4.69, 9.17) is 28.8 Å². The molecule has 4 amide bonds. The highest BCUT2D eigenvalue weighted by Gasteiger charge is 2.51. The topological polar surface area (TPSA) is 347 Å². The Labute approximate surface area is 633 Å². The Morgan fingerprint density at radius 2 is 1.03 bits per heavy atom. The number of hydrogen-bond donors (Lipinski definition) is 5. The van der Waals surface area contributed by atoms with Gasteiger partial charge in [0.15, 0.2) is 34.8 Å². The number of hydrogen-bond acceptors (Lipinski definition) is 18. The van der Waals surface area contributed by atoms with Gasteiger partial charge in [-0.2, -0.15) is 0 Å². The Morgan fingerprint density at radius 1 is 0.598 bits per heavy atom. The van der Waals surface area contributed by atoms with Crippen LogP contribution in [0.4, 0.5) is 14.4 Å². The van der Waals surface area contributed by atoms with Crippen LogP contribution in [-0.4, -0.2) is 178 Å². The molecule has 0 unspecified atom stereocenters. The first kappa shape index (κ1) is 89.3. The van der Waals surface area contributed by atoms with E-state index >= 15 is 0 Å². The van der Waals surface area contributed by atoms with Gasteiger partial charge in [-0.3, -0.25) is 14.4 Å². The number of sulfone groups is 3. The summed E-state index contributed by atoms with van der Waals surface area (Å²) in [5.74, 6) is -3.88. The Hall–Kier alpha value is -8.34. The second-order valence-electron chi connectivity index (χ2n) is 30.5. The van der Waals surface area contributed by atoms with Crippen LogP contribution in [0.1, 0.15) is 151 Å². The number of benzene rings is 5. The number of ether oxygens (including phenoxy) is 3. The molecule has 586 valence electrons. The zero-order valence-corrected chi connectivity index (χ0v) is 66.9. The molecule has 9 rings (SSSR count). The summed E-state index contributed by atoms with van der Waals surface area (Å²) in [6, 6.07) is 47.4. The molecule has 0 radical (unpaired) electrons. The quantitative estimate of drug-likeness (QED) is 0.0209. The Kier molecular flexibility index (Phi) is 34.0. The van der Waals surface area contributed by atoms with Gasteiger partial charge in [-0.1, -0.05) is 218 Å². The van der Waals surface area contributed by atoms with Gasteiger partial charge in [-0.05, 0) is 137 Å². The van der Waals surface area contributed by atoms with Crippen LogP contribution >= 0.6 is 0 Å². The highest BCUT2D eigenvalue weighted by Crippen LogP contribution is 2.38. The van der Waals surface area contributed by atoms with Crippen molar-refractivity contribution in [3.05, 3.63) is 181 Å². The highest BCUT2D eigenvalue weighted by molar-refractivity contribution is 7.93. The van der Waals surface area contributed by atoms with Gasteiger partial charge >= 0.3 is 30.2 Å². The van der Waals surface area contributed by atoms with Crippen molar-refractivity contribution in [3.8, 4) is 0 Å². The fourth-order valence-corrected chi connectivity index (χ4v) is 22.8. The molecule has 0 spiro atoms. The Bertz CT molecular complexity index is 4050. The van der Waals surface area contributed by atoms with E-state index in [1.54, 1.807) is 53.7 Å². The number of aliphatic hydroxyl groups excluding tert-OH is 1. The number of nitrogens with one attached hydrogen (secondary N) is 2. The standard InChI is InChI=1S/C40H45NO5Si.C14H16O4S.C11H19NO6S.C11H19NO5S.C4H10/c1-40(2,3)47(34-21-12-6-13-22-34,35-23-14-7-15-24-35)46-28-16-25-36(37(42)27-26-31-17-8-4-9-18-31)38(43)41-33(30-45-39(41)44)29-32-19-10-5-11-20-32;15-14(16)12-7-4-10-19(17,18)13(12)9-8-11-5-2-1-3-6-11;1-11(2,3)18-10(15)12-7-5-4-6-19(16,17)8(7)9(13)14;1-11(2,3)17-10(14)12-8-5-4-6-18(15,16)9(8)7-13;1-4(2)3/h4-15,17-24,26-27,33,36-37,42H,16,25,28-30H2,1-3H3;1-3,5-6,8-9,12-13H,4,7,10H2,(H,15,16);7-8H,4-6H2,1-3H3,(H,12,15)(H,13,14);7-9H,4-6H2,1-3H3,(H,12,14);4H,1-3H3/b27-26-;9-8-;;;/t33-,36-,37+;12-,13+;7-,8-;8-,9+;/m1111./s1. The van der Waals surface area contributed by atoms with Gasteiger partial charge < -0.3 is 49.4 Å². The van der Waals surface area contributed by atoms with E-state index < -0.39 is 137 Å². The van der Waals surface area contributed by atoms with Crippen LogP contribution in [0, 0.1) is 17.8 Å². The molecule has 4 heterocycles. The van der Waals surface area contributed by atoms with E-state index in [1.807, 2.05) is 109 Å². The summed E-state index contributed by atoms with van der Waals surface area (Å²) < 4.78 is 93.3. The van der Waals surface area contributed by atoms with E-state index in [-0.39, 0.29) is 28.9 Å². The fourth-order valence-electron chi connectivity index (χ4n) is 12.7. The van der Waals surface area contributed by atoms with Gasteiger partial charge in [-0.15, -0.1) is 0 Å². The summed E-state index contributed by atoms with van der Waals surface area (Å²) in [7, 11) is -13.3. The summed E-state index contributed by atoms with van der Waals surface area (Å²) >= 11 is 0. The zero-order valence-electron chi connectivity index (χ0n) is 63.4. The lowest BCUT2D eigenvalue weighted by atomic mass is 9.93. The molecule has 4 aliphatic heterocycles. The molecule has 5 N–H and O–H groups in total. The summed E-state index contributed by atoms with van der Waals surface area (Å²) in [5.41, 5.74) is 1.40. The molecule has 107 heavy (non-hydrogen) atoms.